The Balaban J connectivity index is 2.21. The summed E-state index contributed by atoms with van der Waals surface area (Å²) < 4.78 is 2.30. The Labute approximate surface area is 122 Å². The van der Waals surface area contributed by atoms with Crippen LogP contribution in [0.3, 0.4) is 0 Å². The van der Waals surface area contributed by atoms with Crippen molar-refractivity contribution >= 4 is 11.0 Å². The summed E-state index contributed by atoms with van der Waals surface area (Å²) in [6.07, 6.45) is 8.56. The summed E-state index contributed by atoms with van der Waals surface area (Å²) in [5.74, 6) is 0.762. The van der Waals surface area contributed by atoms with Gasteiger partial charge in [-0.15, -0.1) is 0 Å². The van der Waals surface area contributed by atoms with E-state index in [1.807, 2.05) is 12.3 Å². The zero-order valence-electron chi connectivity index (χ0n) is 13.0. The third-order valence-corrected chi connectivity index (χ3v) is 3.90. The fourth-order valence-corrected chi connectivity index (χ4v) is 2.63. The van der Waals surface area contributed by atoms with E-state index in [1.165, 1.54) is 23.8 Å². The molecule has 2 rings (SSSR count). The molecule has 1 unspecified atom stereocenters. The lowest BCUT2D eigenvalue weighted by molar-refractivity contribution is 0.516. The average Bonchev–Trinajstić information content (AvgIpc) is 2.77. The van der Waals surface area contributed by atoms with Gasteiger partial charge in [-0.25, -0.2) is 4.98 Å². The molecule has 3 nitrogen and oxygen atoms in total. The topological polar surface area (TPSA) is 43.8 Å². The van der Waals surface area contributed by atoms with Crippen LogP contribution in [-0.2, 0) is 13.0 Å². The third-order valence-electron chi connectivity index (χ3n) is 3.90. The van der Waals surface area contributed by atoms with Crippen LogP contribution < -0.4 is 5.73 Å². The molecule has 0 amide bonds. The van der Waals surface area contributed by atoms with Crippen LogP contribution in [0.1, 0.15) is 45.6 Å². The number of hydrogen-bond acceptors (Lipinski definition) is 2. The van der Waals surface area contributed by atoms with Gasteiger partial charge in [0.25, 0.3) is 0 Å². The molecule has 3 heteroatoms. The minimum Gasteiger partial charge on any atom is -0.332 e. The van der Waals surface area contributed by atoms with Crippen LogP contribution in [0.2, 0.25) is 0 Å². The van der Waals surface area contributed by atoms with Gasteiger partial charge in [0.05, 0.1) is 0 Å². The van der Waals surface area contributed by atoms with Crippen LogP contribution in [0.4, 0.5) is 0 Å². The van der Waals surface area contributed by atoms with Gasteiger partial charge in [0.15, 0.2) is 0 Å². The van der Waals surface area contributed by atoms with E-state index < -0.39 is 0 Å². The summed E-state index contributed by atoms with van der Waals surface area (Å²) in [5, 5.41) is 1.26. The van der Waals surface area contributed by atoms with Crippen molar-refractivity contribution in [2.75, 3.05) is 0 Å². The highest BCUT2D eigenvalue weighted by Gasteiger charge is 2.11. The van der Waals surface area contributed by atoms with Crippen LogP contribution in [0.5, 0.6) is 0 Å². The summed E-state index contributed by atoms with van der Waals surface area (Å²) in [7, 11) is 0. The number of rotatable bonds is 7. The summed E-state index contributed by atoms with van der Waals surface area (Å²) in [6.45, 7) is 7.74. The maximum Gasteiger partial charge on any atom is 0.140 e. The van der Waals surface area contributed by atoms with Crippen molar-refractivity contribution in [2.24, 2.45) is 11.7 Å². The lowest BCUT2D eigenvalue weighted by atomic mass is 10.1. The monoisotopic (exact) mass is 273 g/mol. The summed E-state index contributed by atoms with van der Waals surface area (Å²) in [4.78, 5) is 4.55. The molecular weight excluding hydrogens is 246 g/mol. The Morgan fingerprint density at radius 1 is 1.35 bits per heavy atom. The molecule has 0 aliphatic heterocycles. The van der Waals surface area contributed by atoms with E-state index >= 15 is 0 Å². The van der Waals surface area contributed by atoms with Gasteiger partial charge in [-0.1, -0.05) is 20.8 Å². The van der Waals surface area contributed by atoms with Gasteiger partial charge in [-0.2, -0.15) is 0 Å². The lowest BCUT2D eigenvalue weighted by Crippen LogP contribution is -2.21. The van der Waals surface area contributed by atoms with Crippen molar-refractivity contribution in [3.63, 3.8) is 0 Å². The van der Waals surface area contributed by atoms with Crippen LogP contribution >= 0.6 is 0 Å². The smallest absolute Gasteiger partial charge is 0.140 e. The zero-order valence-corrected chi connectivity index (χ0v) is 13.0. The Kier molecular flexibility index (Phi) is 5.18. The molecule has 2 aromatic heterocycles. The summed E-state index contributed by atoms with van der Waals surface area (Å²) in [5.41, 5.74) is 8.56. The molecule has 20 heavy (non-hydrogen) atoms. The van der Waals surface area contributed by atoms with Gasteiger partial charge in [0.2, 0.25) is 0 Å². The van der Waals surface area contributed by atoms with Gasteiger partial charge in [-0.3, -0.25) is 0 Å². The van der Waals surface area contributed by atoms with E-state index in [1.54, 1.807) is 0 Å². The van der Waals surface area contributed by atoms with Gasteiger partial charge < -0.3 is 10.3 Å². The summed E-state index contributed by atoms with van der Waals surface area (Å²) >= 11 is 0. The number of pyridine rings is 1. The SMILES string of the molecule is CCC(N)Cc1cn(CCCC(C)C)c2ncccc12. The Bertz CT molecular complexity index is 542. The maximum absolute atomic E-state index is 6.12. The van der Waals surface area contributed by atoms with Crippen LogP contribution in [-0.4, -0.2) is 15.6 Å². The standard InChI is InChI=1S/C17H27N3/c1-4-15(18)11-14-12-20(10-6-7-13(2)3)17-16(14)8-5-9-19-17/h5,8-9,12-13,15H,4,6-7,10-11,18H2,1-3H3. The number of hydrogen-bond donors (Lipinski definition) is 1. The molecule has 0 saturated heterocycles. The predicted molar refractivity (Wildman–Crippen MR) is 85.8 cm³/mol. The molecule has 0 radical (unpaired) electrons. The first-order chi connectivity index (χ1) is 9.61. The Morgan fingerprint density at radius 3 is 2.85 bits per heavy atom. The molecule has 0 aromatic carbocycles. The van der Waals surface area contributed by atoms with Crippen molar-refractivity contribution in [1.82, 2.24) is 9.55 Å². The lowest BCUT2D eigenvalue weighted by Gasteiger charge is -2.07. The molecule has 0 aliphatic carbocycles. The van der Waals surface area contributed by atoms with Crippen molar-refractivity contribution in [1.29, 1.82) is 0 Å². The van der Waals surface area contributed by atoms with E-state index in [9.17, 15) is 0 Å². The van der Waals surface area contributed by atoms with Crippen molar-refractivity contribution < 1.29 is 0 Å². The zero-order chi connectivity index (χ0) is 14.5. The highest BCUT2D eigenvalue weighted by Crippen LogP contribution is 2.22. The van der Waals surface area contributed by atoms with E-state index in [2.05, 4.69) is 42.6 Å². The van der Waals surface area contributed by atoms with Gasteiger partial charge in [0.1, 0.15) is 5.65 Å². The van der Waals surface area contributed by atoms with Crippen molar-refractivity contribution in [3.8, 4) is 0 Å². The van der Waals surface area contributed by atoms with E-state index in [0.717, 1.165) is 31.0 Å². The van der Waals surface area contributed by atoms with E-state index in [4.69, 9.17) is 5.73 Å². The molecule has 0 saturated carbocycles. The van der Waals surface area contributed by atoms with Crippen LogP contribution in [0.15, 0.2) is 24.5 Å². The highest BCUT2D eigenvalue weighted by molar-refractivity contribution is 5.80. The van der Waals surface area contributed by atoms with Gasteiger partial charge >= 0.3 is 0 Å². The molecule has 0 spiro atoms. The Morgan fingerprint density at radius 2 is 2.15 bits per heavy atom. The summed E-state index contributed by atoms with van der Waals surface area (Å²) in [6, 6.07) is 4.42. The van der Waals surface area contributed by atoms with Crippen LogP contribution in [0, 0.1) is 5.92 Å². The number of aryl methyl sites for hydroxylation is 1. The van der Waals surface area contributed by atoms with Crippen LogP contribution in [0.25, 0.3) is 11.0 Å². The molecule has 0 aliphatic rings. The molecule has 2 heterocycles. The second-order valence-electron chi connectivity index (χ2n) is 6.13. The fraction of sp³-hybridized carbons (Fsp3) is 0.588. The van der Waals surface area contributed by atoms with E-state index in [-0.39, 0.29) is 6.04 Å². The first kappa shape index (κ1) is 15.0. The minimum atomic E-state index is 0.241. The first-order valence-corrected chi connectivity index (χ1v) is 7.80. The van der Waals surface area contributed by atoms with E-state index in [0.29, 0.717) is 0 Å². The second-order valence-corrected chi connectivity index (χ2v) is 6.13. The largest absolute Gasteiger partial charge is 0.332 e. The maximum atomic E-state index is 6.12. The molecule has 2 aromatic rings. The minimum absolute atomic E-state index is 0.241. The normalized spacial score (nSPS) is 13.2. The number of fused-ring (bicyclic) bond motifs is 1. The molecular formula is C17H27N3. The first-order valence-electron chi connectivity index (χ1n) is 7.80. The average molecular weight is 273 g/mol. The molecule has 2 N–H and O–H groups in total. The molecule has 1 atom stereocenters. The van der Waals surface area contributed by atoms with Crippen molar-refractivity contribution in [2.45, 2.75) is 59.0 Å². The second kappa shape index (κ2) is 6.89. The molecule has 0 bridgehead atoms. The predicted octanol–water partition coefficient (Wildman–Crippen LogP) is 3.75. The number of nitrogens with zero attached hydrogens (tertiary/aromatic N) is 2. The van der Waals surface area contributed by atoms with Crippen molar-refractivity contribution in [3.05, 3.63) is 30.1 Å². The fourth-order valence-electron chi connectivity index (χ4n) is 2.63. The number of nitrogens with two attached hydrogens (primary N) is 1. The molecule has 0 fully saturated rings. The van der Waals surface area contributed by atoms with Gasteiger partial charge in [-0.05, 0) is 49.3 Å². The van der Waals surface area contributed by atoms with Gasteiger partial charge in [0, 0.05) is 30.4 Å². The quantitative estimate of drug-likeness (QED) is 0.835. The third kappa shape index (κ3) is 3.60. The Hall–Kier alpha value is -1.35. The highest BCUT2D eigenvalue weighted by atomic mass is 15.0. The molecule has 110 valence electrons. The number of aromatic nitrogens is 2.